The molecule has 0 radical (unpaired) electrons. The summed E-state index contributed by atoms with van der Waals surface area (Å²) in [6, 6.07) is 18.1. The Morgan fingerprint density at radius 2 is 1.61 bits per heavy atom. The summed E-state index contributed by atoms with van der Waals surface area (Å²) in [7, 11) is 1.72. The Morgan fingerprint density at radius 1 is 1.00 bits per heavy atom. The number of ether oxygens (including phenoxy) is 1. The van der Waals surface area contributed by atoms with Gasteiger partial charge in [-0.3, -0.25) is 0 Å². The summed E-state index contributed by atoms with van der Waals surface area (Å²) in [4.78, 5) is 12.0. The maximum absolute atomic E-state index is 12.0. The number of benzene rings is 2. The number of amides is 2. The number of urea groups is 1. The van der Waals surface area contributed by atoms with Gasteiger partial charge in [0.15, 0.2) is 0 Å². The summed E-state index contributed by atoms with van der Waals surface area (Å²) < 4.78 is 5.75. The van der Waals surface area contributed by atoms with E-state index in [1.54, 1.807) is 7.11 Å². The van der Waals surface area contributed by atoms with Crippen molar-refractivity contribution in [1.29, 1.82) is 0 Å². The average molecular weight is 310 g/mol. The molecular formula is C19H22N2O2. The van der Waals surface area contributed by atoms with Gasteiger partial charge in [0.2, 0.25) is 0 Å². The standard InChI is InChI=1S/C19H22N2O2/c1-23-19(11-16-9-5-6-10-17(16)12-19)14-21-18(22)20-13-15-7-3-2-4-8-15/h2-10H,11-14H2,1H3,(H2,20,21,22). The molecule has 2 aromatic rings. The van der Waals surface area contributed by atoms with Crippen molar-refractivity contribution in [2.24, 2.45) is 0 Å². The summed E-state index contributed by atoms with van der Waals surface area (Å²) in [5.41, 5.74) is 3.35. The lowest BCUT2D eigenvalue weighted by Crippen LogP contribution is -2.48. The molecule has 2 amide bonds. The Balaban J connectivity index is 1.52. The average Bonchev–Trinajstić information content (AvgIpc) is 2.98. The molecule has 0 heterocycles. The van der Waals surface area contributed by atoms with Crippen LogP contribution in [0.4, 0.5) is 4.79 Å². The lowest BCUT2D eigenvalue weighted by Gasteiger charge is -2.27. The van der Waals surface area contributed by atoms with Crippen LogP contribution in [-0.4, -0.2) is 25.3 Å². The van der Waals surface area contributed by atoms with Crippen LogP contribution in [-0.2, 0) is 24.1 Å². The predicted octanol–water partition coefficient (Wildman–Crippen LogP) is 2.67. The minimum absolute atomic E-state index is 0.166. The number of carbonyl (C=O) groups excluding carboxylic acids is 1. The molecule has 0 spiro atoms. The SMILES string of the molecule is COC1(CNC(=O)NCc2ccccc2)Cc2ccccc2C1. The molecule has 0 saturated heterocycles. The van der Waals surface area contributed by atoms with Crippen molar-refractivity contribution in [1.82, 2.24) is 10.6 Å². The number of carbonyl (C=O) groups is 1. The number of hydrogen-bond donors (Lipinski definition) is 2. The van der Waals surface area contributed by atoms with E-state index in [1.165, 1.54) is 11.1 Å². The second-order valence-corrected chi connectivity index (χ2v) is 6.03. The number of rotatable bonds is 5. The van der Waals surface area contributed by atoms with Crippen LogP contribution in [0.3, 0.4) is 0 Å². The minimum Gasteiger partial charge on any atom is -0.376 e. The number of hydrogen-bond acceptors (Lipinski definition) is 2. The topological polar surface area (TPSA) is 50.4 Å². The molecule has 0 saturated carbocycles. The van der Waals surface area contributed by atoms with Crippen LogP contribution in [0.2, 0.25) is 0 Å². The van der Waals surface area contributed by atoms with Crippen molar-refractivity contribution in [3.63, 3.8) is 0 Å². The first-order valence-electron chi connectivity index (χ1n) is 7.88. The van der Waals surface area contributed by atoms with Crippen molar-refractivity contribution >= 4 is 6.03 Å². The van der Waals surface area contributed by atoms with Crippen molar-refractivity contribution in [2.45, 2.75) is 25.0 Å². The predicted molar refractivity (Wildman–Crippen MR) is 90.3 cm³/mol. The highest BCUT2D eigenvalue weighted by molar-refractivity contribution is 5.74. The first-order chi connectivity index (χ1) is 11.2. The van der Waals surface area contributed by atoms with Gasteiger partial charge in [-0.2, -0.15) is 0 Å². The fraction of sp³-hybridized carbons (Fsp3) is 0.316. The Hall–Kier alpha value is -2.33. The maximum Gasteiger partial charge on any atom is 0.315 e. The zero-order valence-corrected chi connectivity index (χ0v) is 13.3. The lowest BCUT2D eigenvalue weighted by molar-refractivity contribution is 0.00177. The molecule has 4 heteroatoms. The Kier molecular flexibility index (Phi) is 4.63. The third kappa shape index (κ3) is 3.71. The highest BCUT2D eigenvalue weighted by Gasteiger charge is 2.37. The molecule has 0 unspecified atom stereocenters. The Labute approximate surface area is 136 Å². The van der Waals surface area contributed by atoms with Crippen LogP contribution in [0.15, 0.2) is 54.6 Å². The van der Waals surface area contributed by atoms with E-state index in [9.17, 15) is 4.79 Å². The molecule has 0 aliphatic heterocycles. The minimum atomic E-state index is -0.340. The van der Waals surface area contributed by atoms with E-state index in [4.69, 9.17) is 4.74 Å². The van der Waals surface area contributed by atoms with Crippen LogP contribution >= 0.6 is 0 Å². The Bertz CT molecular complexity index is 645. The molecule has 120 valence electrons. The fourth-order valence-electron chi connectivity index (χ4n) is 3.08. The van der Waals surface area contributed by atoms with E-state index in [0.717, 1.165) is 18.4 Å². The van der Waals surface area contributed by atoms with Crippen LogP contribution in [0.1, 0.15) is 16.7 Å². The van der Waals surface area contributed by atoms with E-state index < -0.39 is 0 Å². The van der Waals surface area contributed by atoms with Gasteiger partial charge in [0.05, 0.1) is 5.60 Å². The molecule has 0 aromatic heterocycles. The van der Waals surface area contributed by atoms with Gasteiger partial charge in [-0.25, -0.2) is 4.79 Å². The highest BCUT2D eigenvalue weighted by atomic mass is 16.5. The van der Waals surface area contributed by atoms with Gasteiger partial charge >= 0.3 is 6.03 Å². The van der Waals surface area contributed by atoms with Gasteiger partial charge in [0.1, 0.15) is 0 Å². The summed E-state index contributed by atoms with van der Waals surface area (Å²) in [5, 5.41) is 5.83. The van der Waals surface area contributed by atoms with E-state index in [2.05, 4.69) is 22.8 Å². The monoisotopic (exact) mass is 310 g/mol. The van der Waals surface area contributed by atoms with Crippen LogP contribution in [0.5, 0.6) is 0 Å². The molecule has 3 rings (SSSR count). The van der Waals surface area contributed by atoms with Gasteiger partial charge in [-0.15, -0.1) is 0 Å². The third-order valence-electron chi connectivity index (χ3n) is 4.44. The molecule has 1 aliphatic carbocycles. The summed E-state index contributed by atoms with van der Waals surface area (Å²) in [5.74, 6) is 0. The van der Waals surface area contributed by atoms with Gasteiger partial charge < -0.3 is 15.4 Å². The molecule has 4 nitrogen and oxygen atoms in total. The van der Waals surface area contributed by atoms with E-state index in [0.29, 0.717) is 13.1 Å². The smallest absolute Gasteiger partial charge is 0.315 e. The molecule has 23 heavy (non-hydrogen) atoms. The molecular weight excluding hydrogens is 288 g/mol. The number of nitrogens with one attached hydrogen (secondary N) is 2. The van der Waals surface area contributed by atoms with Crippen LogP contribution < -0.4 is 10.6 Å². The first kappa shape index (κ1) is 15.6. The van der Waals surface area contributed by atoms with Crippen LogP contribution in [0, 0.1) is 0 Å². The highest BCUT2D eigenvalue weighted by Crippen LogP contribution is 2.31. The second-order valence-electron chi connectivity index (χ2n) is 6.03. The van der Waals surface area contributed by atoms with E-state index in [1.807, 2.05) is 42.5 Å². The Morgan fingerprint density at radius 3 is 2.22 bits per heavy atom. The zero-order chi connectivity index (χ0) is 16.1. The normalized spacial score (nSPS) is 15.0. The quantitative estimate of drug-likeness (QED) is 0.892. The van der Waals surface area contributed by atoms with Gasteiger partial charge in [0.25, 0.3) is 0 Å². The van der Waals surface area contributed by atoms with Gasteiger partial charge in [-0.1, -0.05) is 54.6 Å². The maximum atomic E-state index is 12.0. The van der Waals surface area contributed by atoms with Crippen LogP contribution in [0.25, 0.3) is 0 Å². The van der Waals surface area contributed by atoms with Crippen molar-refractivity contribution < 1.29 is 9.53 Å². The van der Waals surface area contributed by atoms with Crippen molar-refractivity contribution in [2.75, 3.05) is 13.7 Å². The van der Waals surface area contributed by atoms with Gasteiger partial charge in [-0.05, 0) is 16.7 Å². The summed E-state index contributed by atoms with van der Waals surface area (Å²) in [6.07, 6.45) is 1.66. The lowest BCUT2D eigenvalue weighted by atomic mass is 10.0. The summed E-state index contributed by atoms with van der Waals surface area (Å²) in [6.45, 7) is 1.02. The second kappa shape index (κ2) is 6.84. The molecule has 2 N–H and O–H groups in total. The van der Waals surface area contributed by atoms with Gasteiger partial charge in [0, 0.05) is 33.0 Å². The zero-order valence-electron chi connectivity index (χ0n) is 13.3. The number of fused-ring (bicyclic) bond motifs is 1. The molecule has 1 aliphatic rings. The van der Waals surface area contributed by atoms with Crippen molar-refractivity contribution in [3.8, 4) is 0 Å². The third-order valence-corrected chi connectivity index (χ3v) is 4.44. The van der Waals surface area contributed by atoms with Crippen molar-refractivity contribution in [3.05, 3.63) is 71.3 Å². The molecule has 2 aromatic carbocycles. The molecule has 0 atom stereocenters. The molecule has 0 bridgehead atoms. The first-order valence-corrected chi connectivity index (χ1v) is 7.88. The molecule has 0 fully saturated rings. The summed E-state index contributed by atoms with van der Waals surface area (Å²) >= 11 is 0. The van der Waals surface area contributed by atoms with E-state index in [-0.39, 0.29) is 11.6 Å². The largest absolute Gasteiger partial charge is 0.376 e. The fourth-order valence-corrected chi connectivity index (χ4v) is 3.08. The van der Waals surface area contributed by atoms with E-state index >= 15 is 0 Å². The number of methoxy groups -OCH3 is 1.